The van der Waals surface area contributed by atoms with Crippen molar-refractivity contribution in [3.63, 3.8) is 0 Å². The van der Waals surface area contributed by atoms with Gasteiger partial charge >= 0.3 is 0 Å². The number of pyridine rings is 2. The van der Waals surface area contributed by atoms with Crippen molar-refractivity contribution in [2.45, 2.75) is 13.0 Å². The number of hydrogen-bond acceptors (Lipinski definition) is 3. The maximum Gasteiger partial charge on any atom is 0.250 e. The summed E-state index contributed by atoms with van der Waals surface area (Å²) in [4.78, 5) is 24.0. The van der Waals surface area contributed by atoms with Crippen LogP contribution < -0.4 is 11.1 Å². The van der Waals surface area contributed by atoms with E-state index in [-0.39, 0.29) is 17.7 Å². The molecule has 0 radical (unpaired) electrons. The number of aryl methyl sites for hydroxylation is 1. The molecule has 0 aromatic carbocycles. The fourth-order valence-corrected chi connectivity index (χ4v) is 1.94. The number of aliphatic hydroxyl groups excluding tert-OH is 1. The van der Waals surface area contributed by atoms with Crippen molar-refractivity contribution < 1.29 is 5.11 Å². The Morgan fingerprint density at radius 3 is 2.35 bits per heavy atom. The topological polar surface area (TPSA) is 75.1 Å². The Morgan fingerprint density at radius 2 is 1.80 bits per heavy atom. The average Bonchev–Trinajstić information content (AvgIpc) is 2.44. The third-order valence-corrected chi connectivity index (χ3v) is 3.21. The summed E-state index contributed by atoms with van der Waals surface area (Å²) in [7, 11) is 0. The van der Waals surface area contributed by atoms with Gasteiger partial charge in [-0.15, -0.1) is 0 Å². The van der Waals surface area contributed by atoms with E-state index in [4.69, 9.17) is 5.11 Å². The van der Waals surface area contributed by atoms with Crippen LogP contribution in [0.15, 0.2) is 55.2 Å². The molecule has 0 aliphatic carbocycles. The molecule has 2 N–H and O–H groups in total. The molecule has 0 amide bonds. The minimum Gasteiger partial charge on any atom is -0.396 e. The van der Waals surface area contributed by atoms with E-state index in [1.165, 1.54) is 12.1 Å². The van der Waals surface area contributed by atoms with Gasteiger partial charge in [0.25, 0.3) is 5.56 Å². The van der Waals surface area contributed by atoms with Gasteiger partial charge in [0.1, 0.15) is 0 Å². The zero-order valence-corrected chi connectivity index (χ0v) is 13.7. The SMILES string of the molecule is O=c1ccc(Br)c[nH]1.O=c1ccc(Br)cn1CCCO. The van der Waals surface area contributed by atoms with Crippen molar-refractivity contribution in [3.8, 4) is 0 Å². The summed E-state index contributed by atoms with van der Waals surface area (Å²) in [6.07, 6.45) is 3.93. The van der Waals surface area contributed by atoms with E-state index in [2.05, 4.69) is 36.8 Å². The molecule has 0 aliphatic heterocycles. The Kier molecular flexibility index (Phi) is 7.50. The molecule has 20 heavy (non-hydrogen) atoms. The minimum atomic E-state index is -0.0757. The van der Waals surface area contributed by atoms with Crippen molar-refractivity contribution >= 4 is 31.9 Å². The average molecular weight is 406 g/mol. The Hall–Kier alpha value is -1.18. The number of aromatic nitrogens is 2. The first-order chi connectivity index (χ1) is 9.52. The number of halogens is 2. The largest absolute Gasteiger partial charge is 0.396 e. The van der Waals surface area contributed by atoms with Crippen LogP contribution in [-0.4, -0.2) is 21.3 Å². The van der Waals surface area contributed by atoms with Gasteiger partial charge in [0.05, 0.1) is 0 Å². The lowest BCUT2D eigenvalue weighted by Gasteiger charge is -2.03. The van der Waals surface area contributed by atoms with Crippen LogP contribution in [0.2, 0.25) is 0 Å². The van der Waals surface area contributed by atoms with Crippen LogP contribution in [0.25, 0.3) is 0 Å². The van der Waals surface area contributed by atoms with Crippen molar-refractivity contribution in [1.82, 2.24) is 9.55 Å². The Morgan fingerprint density at radius 1 is 1.10 bits per heavy atom. The smallest absolute Gasteiger partial charge is 0.250 e. The Bertz CT molecular complexity index is 632. The molecule has 0 aliphatic rings. The molecule has 0 unspecified atom stereocenters. The molecule has 0 spiro atoms. The van der Waals surface area contributed by atoms with Crippen LogP contribution in [0.4, 0.5) is 0 Å². The van der Waals surface area contributed by atoms with Crippen LogP contribution in [0.5, 0.6) is 0 Å². The molecule has 2 aromatic rings. The van der Waals surface area contributed by atoms with Crippen LogP contribution in [0.3, 0.4) is 0 Å². The quantitative estimate of drug-likeness (QED) is 0.821. The maximum atomic E-state index is 11.1. The lowest BCUT2D eigenvalue weighted by molar-refractivity contribution is 0.279. The number of rotatable bonds is 3. The molecule has 2 rings (SSSR count). The summed E-state index contributed by atoms with van der Waals surface area (Å²) in [5.74, 6) is 0. The van der Waals surface area contributed by atoms with Gasteiger partial charge in [-0.3, -0.25) is 9.59 Å². The molecule has 0 atom stereocenters. The van der Waals surface area contributed by atoms with Crippen molar-refractivity contribution in [2.24, 2.45) is 0 Å². The number of aromatic amines is 1. The van der Waals surface area contributed by atoms with Crippen molar-refractivity contribution in [2.75, 3.05) is 6.61 Å². The van der Waals surface area contributed by atoms with E-state index in [1.807, 2.05) is 0 Å². The summed E-state index contributed by atoms with van der Waals surface area (Å²) in [6.45, 7) is 0.674. The van der Waals surface area contributed by atoms with Crippen LogP contribution in [0, 0.1) is 0 Å². The summed E-state index contributed by atoms with van der Waals surface area (Å²) in [5, 5.41) is 8.56. The highest BCUT2D eigenvalue weighted by Crippen LogP contribution is 2.04. The fraction of sp³-hybridized carbons (Fsp3) is 0.231. The summed E-state index contributed by atoms with van der Waals surface area (Å²) in [5.41, 5.74) is -0.111. The first-order valence-corrected chi connectivity index (χ1v) is 7.42. The monoisotopic (exact) mass is 404 g/mol. The molecule has 7 heteroatoms. The van der Waals surface area contributed by atoms with Gasteiger partial charge in [0.2, 0.25) is 5.56 Å². The van der Waals surface area contributed by atoms with Crippen LogP contribution in [0.1, 0.15) is 6.42 Å². The number of hydrogen-bond donors (Lipinski definition) is 2. The van der Waals surface area contributed by atoms with Gasteiger partial charge in [-0.1, -0.05) is 0 Å². The highest BCUT2D eigenvalue weighted by molar-refractivity contribution is 9.10. The minimum absolute atomic E-state index is 0.0355. The third-order valence-electron chi connectivity index (χ3n) is 2.25. The first kappa shape index (κ1) is 16.9. The van der Waals surface area contributed by atoms with Gasteiger partial charge in [-0.2, -0.15) is 0 Å². The van der Waals surface area contributed by atoms with Gasteiger partial charge < -0.3 is 14.7 Å². The number of aliphatic hydroxyl groups is 1. The number of H-pyrrole nitrogens is 1. The summed E-state index contributed by atoms with van der Waals surface area (Å²) >= 11 is 6.44. The molecule has 2 aromatic heterocycles. The second-order valence-electron chi connectivity index (χ2n) is 3.83. The highest BCUT2D eigenvalue weighted by Gasteiger charge is 1.95. The lowest BCUT2D eigenvalue weighted by Crippen LogP contribution is -2.18. The second kappa shape index (κ2) is 8.89. The van der Waals surface area contributed by atoms with Gasteiger partial charge in [0.15, 0.2) is 0 Å². The predicted octanol–water partition coefficient (Wildman–Crippen LogP) is 2.13. The second-order valence-corrected chi connectivity index (χ2v) is 5.66. The molecule has 2 heterocycles. The van der Waals surface area contributed by atoms with E-state index in [0.29, 0.717) is 13.0 Å². The van der Waals surface area contributed by atoms with Gasteiger partial charge in [0, 0.05) is 46.6 Å². The molecule has 108 valence electrons. The van der Waals surface area contributed by atoms with E-state index in [1.54, 1.807) is 29.1 Å². The van der Waals surface area contributed by atoms with E-state index >= 15 is 0 Å². The molecular formula is C13H14Br2N2O3. The summed E-state index contributed by atoms with van der Waals surface area (Å²) in [6, 6.07) is 6.36. The lowest BCUT2D eigenvalue weighted by atomic mass is 10.4. The van der Waals surface area contributed by atoms with Gasteiger partial charge in [-0.25, -0.2) is 0 Å². The Labute approximate surface area is 132 Å². The normalized spacial score (nSPS) is 9.75. The molecule has 0 saturated carbocycles. The number of nitrogens with one attached hydrogen (secondary N) is 1. The Balaban J connectivity index is 0.000000217. The molecule has 0 saturated heterocycles. The molecule has 5 nitrogen and oxygen atoms in total. The van der Waals surface area contributed by atoms with E-state index < -0.39 is 0 Å². The first-order valence-electron chi connectivity index (χ1n) is 5.84. The predicted molar refractivity (Wildman–Crippen MR) is 84.9 cm³/mol. The maximum absolute atomic E-state index is 11.1. The van der Waals surface area contributed by atoms with Crippen molar-refractivity contribution in [3.05, 3.63) is 66.3 Å². The van der Waals surface area contributed by atoms with Gasteiger partial charge in [-0.05, 0) is 50.4 Å². The number of nitrogens with zero attached hydrogens (tertiary/aromatic N) is 1. The summed E-state index contributed by atoms with van der Waals surface area (Å²) < 4.78 is 3.33. The molecular weight excluding hydrogens is 392 g/mol. The zero-order valence-electron chi connectivity index (χ0n) is 10.6. The van der Waals surface area contributed by atoms with E-state index in [0.717, 1.165) is 8.95 Å². The zero-order chi connectivity index (χ0) is 15.0. The third kappa shape index (κ3) is 6.31. The van der Waals surface area contributed by atoms with Crippen LogP contribution >= 0.6 is 31.9 Å². The van der Waals surface area contributed by atoms with Crippen LogP contribution in [-0.2, 0) is 6.54 Å². The van der Waals surface area contributed by atoms with E-state index in [9.17, 15) is 9.59 Å². The standard InChI is InChI=1S/C8H10BrNO2.C5H4BrNO/c9-7-2-3-8(12)10(6-7)4-1-5-11;6-4-1-2-5(8)7-3-4/h2-3,6,11H,1,4-5H2;1-3H,(H,7,8). The molecule has 0 fully saturated rings. The fourth-order valence-electron chi connectivity index (χ4n) is 1.31. The molecule has 0 bridgehead atoms. The van der Waals surface area contributed by atoms with Crippen molar-refractivity contribution in [1.29, 1.82) is 0 Å². The highest BCUT2D eigenvalue weighted by atomic mass is 79.9.